The number of allylic oxidation sites excluding steroid dienone is 7. The van der Waals surface area contributed by atoms with Crippen molar-refractivity contribution in [3.05, 3.63) is 78.2 Å². The minimum Gasteiger partial charge on any atom is -0.207 e. The van der Waals surface area contributed by atoms with Crippen LogP contribution >= 0.6 is 0 Å². The zero-order valence-corrected chi connectivity index (χ0v) is 13.4. The van der Waals surface area contributed by atoms with Gasteiger partial charge in [-0.25, -0.2) is 4.39 Å². The number of aryl methyl sites for hydroxylation is 1. The van der Waals surface area contributed by atoms with Crippen LogP contribution in [0.5, 0.6) is 0 Å². The van der Waals surface area contributed by atoms with E-state index < -0.39 is 0 Å². The Morgan fingerprint density at radius 2 is 1.95 bits per heavy atom. The van der Waals surface area contributed by atoms with Gasteiger partial charge in [0.2, 0.25) is 0 Å². The Balaban J connectivity index is 1.88. The van der Waals surface area contributed by atoms with Crippen LogP contribution in [-0.2, 0) is 0 Å². The van der Waals surface area contributed by atoms with Gasteiger partial charge >= 0.3 is 0 Å². The highest BCUT2D eigenvalue weighted by Gasteiger charge is 2.16. The molecular weight excluding hydrogens is 271 g/mol. The van der Waals surface area contributed by atoms with E-state index in [0.29, 0.717) is 0 Å². The Morgan fingerprint density at radius 1 is 1.18 bits per heavy atom. The van der Waals surface area contributed by atoms with Gasteiger partial charge < -0.3 is 0 Å². The third kappa shape index (κ3) is 4.84. The Bertz CT molecular complexity index is 572. The van der Waals surface area contributed by atoms with Crippen molar-refractivity contribution in [2.45, 2.75) is 39.0 Å². The molecule has 0 aromatic heterocycles. The van der Waals surface area contributed by atoms with Gasteiger partial charge in [0.15, 0.2) is 0 Å². The fraction of sp³-hybridized carbons (Fsp3) is 0.333. The van der Waals surface area contributed by atoms with Gasteiger partial charge in [-0.3, -0.25) is 0 Å². The summed E-state index contributed by atoms with van der Waals surface area (Å²) in [6, 6.07) is 8.05. The minimum atomic E-state index is -0.0832. The first-order chi connectivity index (χ1) is 10.7. The minimum absolute atomic E-state index is 0.0832. The molecule has 0 amide bonds. The topological polar surface area (TPSA) is 0 Å². The molecular formula is C21H25F. The molecule has 1 aliphatic carbocycles. The second-order valence-electron chi connectivity index (χ2n) is 5.92. The lowest BCUT2D eigenvalue weighted by molar-refractivity contribution is 0.600. The third-order valence-electron chi connectivity index (χ3n) is 4.01. The average Bonchev–Trinajstić information content (AvgIpc) is 2.52. The van der Waals surface area contributed by atoms with Crippen LogP contribution in [0.25, 0.3) is 5.57 Å². The largest absolute Gasteiger partial charge is 0.207 e. The molecule has 1 atom stereocenters. The highest BCUT2D eigenvalue weighted by Crippen LogP contribution is 2.32. The summed E-state index contributed by atoms with van der Waals surface area (Å²) in [4.78, 5) is 0. The summed E-state index contributed by atoms with van der Waals surface area (Å²) in [5, 5.41) is 0. The predicted octanol–water partition coefficient (Wildman–Crippen LogP) is 6.55. The number of benzene rings is 1. The molecule has 0 radical (unpaired) electrons. The lowest BCUT2D eigenvalue weighted by atomic mass is 9.90. The van der Waals surface area contributed by atoms with E-state index in [1.165, 1.54) is 5.56 Å². The molecule has 1 aromatic carbocycles. The van der Waals surface area contributed by atoms with Crippen molar-refractivity contribution in [2.24, 2.45) is 5.92 Å². The predicted molar refractivity (Wildman–Crippen MR) is 94.3 cm³/mol. The van der Waals surface area contributed by atoms with Crippen molar-refractivity contribution < 1.29 is 4.39 Å². The summed E-state index contributed by atoms with van der Waals surface area (Å²) in [5.41, 5.74) is 2.91. The molecule has 0 fully saturated rings. The van der Waals surface area contributed by atoms with Crippen molar-refractivity contribution in [1.82, 2.24) is 0 Å². The molecule has 0 heterocycles. The summed E-state index contributed by atoms with van der Waals surface area (Å²) >= 11 is 0. The van der Waals surface area contributed by atoms with Crippen LogP contribution < -0.4 is 0 Å². The fourth-order valence-electron chi connectivity index (χ4n) is 2.65. The number of hydrogen-bond acceptors (Lipinski definition) is 0. The Kier molecular flexibility index (Phi) is 6.39. The average molecular weight is 296 g/mol. The van der Waals surface area contributed by atoms with Gasteiger partial charge in [-0.05, 0) is 56.6 Å². The molecule has 0 saturated heterocycles. The molecule has 2 rings (SSSR count). The molecule has 0 bridgehead atoms. The van der Waals surface area contributed by atoms with Crippen molar-refractivity contribution in [2.75, 3.05) is 0 Å². The highest BCUT2D eigenvalue weighted by molar-refractivity contribution is 5.78. The van der Waals surface area contributed by atoms with Gasteiger partial charge in [-0.1, -0.05) is 54.1 Å². The number of halogens is 1. The summed E-state index contributed by atoms with van der Waals surface area (Å²) in [7, 11) is 0. The van der Waals surface area contributed by atoms with E-state index in [0.717, 1.165) is 43.2 Å². The molecule has 1 heteroatoms. The van der Waals surface area contributed by atoms with Crippen molar-refractivity contribution in [1.29, 1.82) is 0 Å². The molecule has 0 nitrogen and oxygen atoms in total. The first-order valence-electron chi connectivity index (χ1n) is 8.11. The van der Waals surface area contributed by atoms with E-state index in [1.807, 2.05) is 43.3 Å². The first-order valence-corrected chi connectivity index (χ1v) is 8.11. The zero-order chi connectivity index (χ0) is 15.8. The maximum atomic E-state index is 14.3. The van der Waals surface area contributed by atoms with Crippen LogP contribution in [0.3, 0.4) is 0 Å². The van der Waals surface area contributed by atoms with Crippen LogP contribution in [0, 0.1) is 12.8 Å². The van der Waals surface area contributed by atoms with Crippen LogP contribution in [-0.4, -0.2) is 0 Å². The first kappa shape index (κ1) is 16.5. The molecule has 0 saturated carbocycles. The molecule has 0 N–H and O–H groups in total. The SMILES string of the molecule is C=CCCC/C=C\CC1C=C(F)C(c2ccc(C)cc2)=CC1. The lowest BCUT2D eigenvalue weighted by Crippen LogP contribution is -2.01. The Morgan fingerprint density at radius 3 is 2.64 bits per heavy atom. The van der Waals surface area contributed by atoms with Crippen LogP contribution in [0.15, 0.2) is 67.1 Å². The van der Waals surface area contributed by atoms with Gasteiger partial charge in [-0.2, -0.15) is 0 Å². The number of unbranched alkanes of at least 4 members (excludes halogenated alkanes) is 2. The van der Waals surface area contributed by atoms with Gasteiger partial charge in [0.1, 0.15) is 5.83 Å². The molecule has 1 aromatic rings. The maximum Gasteiger partial charge on any atom is 0.127 e. The normalized spacial score (nSPS) is 18.2. The fourth-order valence-corrected chi connectivity index (χ4v) is 2.65. The quantitative estimate of drug-likeness (QED) is 0.395. The smallest absolute Gasteiger partial charge is 0.127 e. The monoisotopic (exact) mass is 296 g/mol. The molecule has 0 spiro atoms. The lowest BCUT2D eigenvalue weighted by Gasteiger charge is -2.17. The van der Waals surface area contributed by atoms with Gasteiger partial charge in [0, 0.05) is 5.57 Å². The highest BCUT2D eigenvalue weighted by atomic mass is 19.1. The van der Waals surface area contributed by atoms with Gasteiger partial charge in [-0.15, -0.1) is 6.58 Å². The van der Waals surface area contributed by atoms with E-state index >= 15 is 0 Å². The van der Waals surface area contributed by atoms with E-state index in [1.54, 1.807) is 6.08 Å². The molecule has 22 heavy (non-hydrogen) atoms. The second kappa shape index (κ2) is 8.53. The Labute approximate surface area is 133 Å². The molecule has 1 aliphatic rings. The maximum absolute atomic E-state index is 14.3. The number of hydrogen-bond donors (Lipinski definition) is 0. The van der Waals surface area contributed by atoms with Crippen LogP contribution in [0.1, 0.15) is 43.2 Å². The van der Waals surface area contributed by atoms with Crippen LogP contribution in [0.2, 0.25) is 0 Å². The second-order valence-corrected chi connectivity index (χ2v) is 5.92. The summed E-state index contributed by atoms with van der Waals surface area (Å²) in [6.07, 6.45) is 15.3. The van der Waals surface area contributed by atoms with Gasteiger partial charge in [0.05, 0.1) is 0 Å². The summed E-state index contributed by atoms with van der Waals surface area (Å²) < 4.78 is 14.3. The van der Waals surface area contributed by atoms with Crippen molar-refractivity contribution >= 4 is 5.57 Å². The van der Waals surface area contributed by atoms with E-state index in [9.17, 15) is 4.39 Å². The van der Waals surface area contributed by atoms with Gasteiger partial charge in [0.25, 0.3) is 0 Å². The summed E-state index contributed by atoms with van der Waals surface area (Å²) in [5.74, 6) is 0.199. The van der Waals surface area contributed by atoms with E-state index in [2.05, 4.69) is 18.7 Å². The standard InChI is InChI=1S/C21H25F/c1-3-4-5-6-7-8-9-18-12-15-20(21(22)16-18)19-13-10-17(2)11-14-19/h3,7-8,10-11,13-16,18H,1,4-6,9,12H2,2H3/b8-7-. The molecule has 116 valence electrons. The van der Waals surface area contributed by atoms with Crippen LogP contribution in [0.4, 0.5) is 4.39 Å². The van der Waals surface area contributed by atoms with Crippen molar-refractivity contribution in [3.8, 4) is 0 Å². The Hall–Kier alpha value is -1.89. The molecule has 1 unspecified atom stereocenters. The summed E-state index contributed by atoms with van der Waals surface area (Å²) in [6.45, 7) is 5.76. The zero-order valence-electron chi connectivity index (χ0n) is 13.4. The van der Waals surface area contributed by atoms with E-state index in [4.69, 9.17) is 0 Å². The molecule has 0 aliphatic heterocycles. The third-order valence-corrected chi connectivity index (χ3v) is 4.01. The number of rotatable bonds is 7. The van der Waals surface area contributed by atoms with Crippen molar-refractivity contribution in [3.63, 3.8) is 0 Å². The van der Waals surface area contributed by atoms with E-state index in [-0.39, 0.29) is 11.7 Å².